The Morgan fingerprint density at radius 1 is 1.12 bits per heavy atom. The summed E-state index contributed by atoms with van der Waals surface area (Å²) in [7, 11) is 4.11. The second-order valence-electron chi connectivity index (χ2n) is 6.87. The van der Waals surface area contributed by atoms with Gasteiger partial charge in [-0.1, -0.05) is 34.1 Å². The molecule has 0 aromatic rings. The molecule has 2 nitrogen and oxygen atoms in total. The van der Waals surface area contributed by atoms with Crippen LogP contribution in [0.15, 0.2) is 0 Å². The van der Waals surface area contributed by atoms with Gasteiger partial charge >= 0.3 is 0 Å². The Kier molecular flexibility index (Phi) is 5.99. The molecule has 0 saturated carbocycles. The number of nitrogens with one attached hydrogen (secondary N) is 1. The van der Waals surface area contributed by atoms with Crippen LogP contribution in [0.2, 0.25) is 0 Å². The van der Waals surface area contributed by atoms with E-state index in [1.807, 2.05) is 7.05 Å². The summed E-state index contributed by atoms with van der Waals surface area (Å²) in [5, 5.41) is 2.21. The molecule has 0 aromatic heterocycles. The molecule has 0 amide bonds. The van der Waals surface area contributed by atoms with Crippen molar-refractivity contribution in [3.8, 4) is 0 Å². The van der Waals surface area contributed by atoms with Crippen molar-refractivity contribution in [1.82, 2.24) is 10.4 Å². The van der Waals surface area contributed by atoms with Gasteiger partial charge < -0.3 is 0 Å². The lowest BCUT2D eigenvalue weighted by Gasteiger charge is -2.41. The smallest absolute Gasteiger partial charge is 0.0299 e. The van der Waals surface area contributed by atoms with Crippen molar-refractivity contribution in [3.05, 3.63) is 0 Å². The minimum Gasteiger partial charge on any atom is -0.258 e. The molecule has 0 unspecified atom stereocenters. The number of nitrogens with zero attached hydrogens (tertiary/aromatic N) is 1. The zero-order valence-electron chi connectivity index (χ0n) is 12.6. The highest BCUT2D eigenvalue weighted by Crippen LogP contribution is 2.35. The molecule has 0 aliphatic rings. The Bertz CT molecular complexity index is 195. The zero-order chi connectivity index (χ0) is 13.0. The van der Waals surface area contributed by atoms with Gasteiger partial charge in [-0.15, -0.1) is 0 Å². The molecule has 0 rings (SSSR count). The van der Waals surface area contributed by atoms with E-state index in [9.17, 15) is 0 Å². The van der Waals surface area contributed by atoms with E-state index in [0.717, 1.165) is 5.92 Å². The van der Waals surface area contributed by atoms with Crippen LogP contribution in [-0.4, -0.2) is 24.6 Å². The molecular weight excluding hydrogens is 196 g/mol. The zero-order valence-corrected chi connectivity index (χ0v) is 12.6. The van der Waals surface area contributed by atoms with E-state index in [-0.39, 0.29) is 5.54 Å². The molecule has 0 saturated heterocycles. The predicted molar refractivity (Wildman–Crippen MR) is 73.4 cm³/mol. The van der Waals surface area contributed by atoms with E-state index in [4.69, 9.17) is 0 Å². The highest BCUT2D eigenvalue weighted by atomic mass is 15.5. The van der Waals surface area contributed by atoms with Crippen molar-refractivity contribution >= 4 is 0 Å². The van der Waals surface area contributed by atoms with Gasteiger partial charge in [-0.25, -0.2) is 5.01 Å². The van der Waals surface area contributed by atoms with Crippen molar-refractivity contribution in [3.63, 3.8) is 0 Å². The van der Waals surface area contributed by atoms with Gasteiger partial charge in [0.15, 0.2) is 0 Å². The van der Waals surface area contributed by atoms with Gasteiger partial charge in [-0.05, 0) is 45.1 Å². The summed E-state index contributed by atoms with van der Waals surface area (Å²) in [6.07, 6.45) is 3.85. The normalized spacial score (nSPS) is 13.9. The van der Waals surface area contributed by atoms with Crippen LogP contribution in [-0.2, 0) is 0 Å². The maximum Gasteiger partial charge on any atom is 0.0299 e. The quantitative estimate of drug-likeness (QED) is 0.669. The van der Waals surface area contributed by atoms with Crippen LogP contribution in [0.3, 0.4) is 0 Å². The average molecular weight is 228 g/mol. The summed E-state index contributed by atoms with van der Waals surface area (Å²) in [4.78, 5) is 0. The highest BCUT2D eigenvalue weighted by Gasteiger charge is 2.31. The van der Waals surface area contributed by atoms with Gasteiger partial charge in [0.2, 0.25) is 0 Å². The van der Waals surface area contributed by atoms with Crippen molar-refractivity contribution < 1.29 is 0 Å². The molecule has 0 fully saturated rings. The lowest BCUT2D eigenvalue weighted by Crippen LogP contribution is -2.50. The van der Waals surface area contributed by atoms with E-state index in [1.54, 1.807) is 0 Å². The molecule has 16 heavy (non-hydrogen) atoms. The molecular formula is C14H32N2. The Balaban J connectivity index is 4.33. The van der Waals surface area contributed by atoms with Gasteiger partial charge in [-0.3, -0.25) is 5.43 Å². The maximum atomic E-state index is 3.23. The molecule has 0 bridgehead atoms. The predicted octanol–water partition coefficient (Wildman–Crippen LogP) is 3.68. The Labute approximate surface area is 103 Å². The van der Waals surface area contributed by atoms with Gasteiger partial charge in [0, 0.05) is 12.6 Å². The monoisotopic (exact) mass is 228 g/mol. The van der Waals surface area contributed by atoms with Crippen LogP contribution in [0, 0.1) is 11.3 Å². The second-order valence-corrected chi connectivity index (χ2v) is 6.87. The molecule has 0 radical (unpaired) electrons. The van der Waals surface area contributed by atoms with Crippen molar-refractivity contribution in [1.29, 1.82) is 0 Å². The summed E-state index contributed by atoms with van der Waals surface area (Å²) >= 11 is 0. The summed E-state index contributed by atoms with van der Waals surface area (Å²) in [5.74, 6) is 0.810. The molecule has 0 spiro atoms. The minimum absolute atomic E-state index is 0.204. The fourth-order valence-corrected chi connectivity index (χ4v) is 2.36. The third kappa shape index (κ3) is 5.86. The van der Waals surface area contributed by atoms with Crippen LogP contribution >= 0.6 is 0 Å². The molecule has 0 aliphatic heterocycles. The average Bonchev–Trinajstić information content (AvgIpc) is 2.12. The first kappa shape index (κ1) is 15.9. The first-order valence-electron chi connectivity index (χ1n) is 6.52. The lowest BCUT2D eigenvalue weighted by molar-refractivity contribution is 0.0552. The first-order chi connectivity index (χ1) is 7.10. The molecule has 0 atom stereocenters. The van der Waals surface area contributed by atoms with E-state index >= 15 is 0 Å². The Morgan fingerprint density at radius 3 is 2.00 bits per heavy atom. The van der Waals surface area contributed by atoms with Crippen LogP contribution in [0.4, 0.5) is 0 Å². The number of hydrogen-bond donors (Lipinski definition) is 1. The number of hydrogen-bond acceptors (Lipinski definition) is 2. The van der Waals surface area contributed by atoms with Crippen LogP contribution < -0.4 is 5.43 Å². The van der Waals surface area contributed by atoms with Gasteiger partial charge in [0.25, 0.3) is 0 Å². The molecule has 1 N–H and O–H groups in total. The van der Waals surface area contributed by atoms with Gasteiger partial charge in [0.1, 0.15) is 0 Å². The van der Waals surface area contributed by atoms with Crippen molar-refractivity contribution in [2.24, 2.45) is 11.3 Å². The second kappa shape index (κ2) is 6.02. The van der Waals surface area contributed by atoms with E-state index in [0.29, 0.717) is 5.41 Å². The molecule has 2 heteroatoms. The van der Waals surface area contributed by atoms with Gasteiger partial charge in [-0.2, -0.15) is 0 Å². The van der Waals surface area contributed by atoms with E-state index in [1.165, 1.54) is 19.3 Å². The molecule has 0 heterocycles. The number of rotatable bonds is 7. The minimum atomic E-state index is 0.204. The van der Waals surface area contributed by atoms with Crippen LogP contribution in [0.1, 0.15) is 60.8 Å². The van der Waals surface area contributed by atoms with Crippen LogP contribution in [0.25, 0.3) is 0 Å². The lowest BCUT2D eigenvalue weighted by atomic mass is 9.76. The molecule has 98 valence electrons. The fraction of sp³-hybridized carbons (Fsp3) is 1.00. The molecule has 0 aromatic carbocycles. The van der Waals surface area contributed by atoms with Gasteiger partial charge in [0.05, 0.1) is 0 Å². The molecule has 0 aliphatic carbocycles. The summed E-state index contributed by atoms with van der Waals surface area (Å²) < 4.78 is 0. The first-order valence-corrected chi connectivity index (χ1v) is 6.52. The SMILES string of the molecule is CNN(C)C(C)(C)CC(C)(C)CCC(C)C. The summed E-state index contributed by atoms with van der Waals surface area (Å²) in [6.45, 7) is 14.0. The number of hydrazine groups is 1. The van der Waals surface area contributed by atoms with Crippen LogP contribution in [0.5, 0.6) is 0 Å². The maximum absolute atomic E-state index is 3.23. The largest absolute Gasteiger partial charge is 0.258 e. The highest BCUT2D eigenvalue weighted by molar-refractivity contribution is 4.85. The Morgan fingerprint density at radius 2 is 1.62 bits per heavy atom. The van der Waals surface area contributed by atoms with Crippen molar-refractivity contribution in [2.45, 2.75) is 66.3 Å². The standard InChI is InChI=1S/C14H32N2/c1-12(2)9-10-13(3,4)11-14(5,6)16(8)15-7/h12,15H,9-11H2,1-8H3. The van der Waals surface area contributed by atoms with E-state index < -0.39 is 0 Å². The third-order valence-corrected chi connectivity index (χ3v) is 3.55. The Hall–Kier alpha value is -0.0800. The fourth-order valence-electron chi connectivity index (χ4n) is 2.36. The summed E-state index contributed by atoms with van der Waals surface area (Å²) in [6, 6.07) is 0. The third-order valence-electron chi connectivity index (χ3n) is 3.55. The van der Waals surface area contributed by atoms with E-state index in [2.05, 4.69) is 59.0 Å². The van der Waals surface area contributed by atoms with Crippen molar-refractivity contribution in [2.75, 3.05) is 14.1 Å². The topological polar surface area (TPSA) is 15.3 Å². The summed E-state index contributed by atoms with van der Waals surface area (Å²) in [5.41, 5.74) is 3.85.